The number of imidazole rings is 1. The van der Waals surface area contributed by atoms with Gasteiger partial charge in [-0.15, -0.1) is 0 Å². The third-order valence-electron chi connectivity index (χ3n) is 8.55. The summed E-state index contributed by atoms with van der Waals surface area (Å²) in [4.78, 5) is 55.9. The van der Waals surface area contributed by atoms with Gasteiger partial charge in [-0.1, -0.05) is 0 Å². The number of rotatable bonds is 12. The SMILES string of the molecule is CO[C@H]1C(O)[C@@H](N2CN(C)C3=C2NC(N)=NC3O)O[C@H]1C(O)P(=O)(O)OP(=O)(O)OP(=O)(O)OC[C@H]1O[C@@H](n2cnc3c(=O)[nH]c(N)cc32)[C@@H](O)C1O. The summed E-state index contributed by atoms with van der Waals surface area (Å²) in [5.41, 5.74) is 10.9. The Labute approximate surface area is 296 Å². The summed E-state index contributed by atoms with van der Waals surface area (Å²) in [5.74, 6) is -2.88. The number of phosphoric acid groups is 2. The lowest BCUT2D eigenvalue weighted by atomic mass is 10.1. The summed E-state index contributed by atoms with van der Waals surface area (Å²) < 4.78 is 69.0. The van der Waals surface area contributed by atoms with E-state index >= 15 is 0 Å². The van der Waals surface area contributed by atoms with Crippen molar-refractivity contribution in [3.63, 3.8) is 0 Å². The number of guanidine groups is 1. The van der Waals surface area contributed by atoms with Crippen molar-refractivity contribution in [3.05, 3.63) is 34.3 Å². The Kier molecular flexibility index (Phi) is 10.6. The van der Waals surface area contributed by atoms with Gasteiger partial charge in [0.1, 0.15) is 54.0 Å². The van der Waals surface area contributed by atoms with E-state index in [-0.39, 0.29) is 41.0 Å². The van der Waals surface area contributed by atoms with Gasteiger partial charge in [0.2, 0.25) is 0 Å². The molecule has 7 unspecified atom stereocenters. The molecule has 13 atom stereocenters. The van der Waals surface area contributed by atoms with E-state index in [9.17, 15) is 58.7 Å². The molecule has 30 heteroatoms. The van der Waals surface area contributed by atoms with Crippen LogP contribution in [0.4, 0.5) is 5.82 Å². The van der Waals surface area contributed by atoms with Crippen LogP contribution in [0.25, 0.3) is 11.0 Å². The van der Waals surface area contributed by atoms with Crippen LogP contribution < -0.4 is 22.3 Å². The number of aliphatic hydroxyl groups is 5. The minimum Gasteiger partial charge on any atom is -0.387 e. The van der Waals surface area contributed by atoms with Crippen molar-refractivity contribution in [2.45, 2.75) is 61.2 Å². The van der Waals surface area contributed by atoms with Crippen LogP contribution >= 0.6 is 23.2 Å². The van der Waals surface area contributed by atoms with Crippen LogP contribution in [0, 0.1) is 0 Å². The first-order valence-electron chi connectivity index (χ1n) is 15.1. The predicted molar refractivity (Wildman–Crippen MR) is 172 cm³/mol. The van der Waals surface area contributed by atoms with Crippen molar-refractivity contribution in [1.29, 1.82) is 0 Å². The van der Waals surface area contributed by atoms with Gasteiger partial charge in [-0.3, -0.25) is 13.9 Å². The molecule has 53 heavy (non-hydrogen) atoms. The van der Waals surface area contributed by atoms with Crippen molar-refractivity contribution in [2.24, 2.45) is 10.7 Å². The summed E-state index contributed by atoms with van der Waals surface area (Å²) in [6.45, 7) is -1.15. The number of H-pyrrole nitrogens is 1. The molecule has 0 aliphatic carbocycles. The van der Waals surface area contributed by atoms with Gasteiger partial charge in [0.15, 0.2) is 36.0 Å². The van der Waals surface area contributed by atoms with E-state index < -0.39 is 96.6 Å². The number of pyridine rings is 1. The molecule has 4 aliphatic heterocycles. The normalized spacial score (nSPS) is 34.4. The van der Waals surface area contributed by atoms with Gasteiger partial charge in [-0.2, -0.15) is 4.31 Å². The zero-order valence-corrected chi connectivity index (χ0v) is 29.9. The van der Waals surface area contributed by atoms with Gasteiger partial charge in [-0.25, -0.2) is 23.4 Å². The highest BCUT2D eigenvalue weighted by atomic mass is 31.3. The molecule has 296 valence electrons. The number of hydrogen-bond acceptors (Lipinski definition) is 22. The summed E-state index contributed by atoms with van der Waals surface area (Å²) in [6, 6.07) is 1.29. The molecule has 6 rings (SSSR count). The standard InChI is InChI=1S/C23H36N9O18P3/c1-30-6-32(17-11(30)19(37)29-23(25)28-17)21-14(35)15(45-2)16(48-21)22(38)51(39,40)49-53(43,44)50-52(41,42)46-4-8-12(33)13(34)20(47-8)31-5-26-10-7(31)3-9(24)27-18(10)36/h3,5,8,12-16,19-22,33-35,37-38H,4,6H2,1-2H3,(H,39,40)(H,41,42)(H,43,44)(H3,24,27,36)(H3,25,28,29)/t8-,12?,13+,14?,15+,16-,19?,20-,21+,22?/m1/s1. The fourth-order valence-corrected chi connectivity index (χ4v) is 10.4. The number of aromatic amines is 1. The molecule has 0 amide bonds. The number of hydrogen-bond donors (Lipinski definition) is 12. The number of methoxy groups -OCH3 is 1. The average molecular weight is 820 g/mol. The second kappa shape index (κ2) is 14.2. The van der Waals surface area contributed by atoms with Crippen LogP contribution in [-0.2, 0) is 41.1 Å². The van der Waals surface area contributed by atoms with E-state index in [0.29, 0.717) is 0 Å². The Hall–Kier alpha value is -3.04. The first-order chi connectivity index (χ1) is 24.6. The third kappa shape index (κ3) is 7.50. The molecule has 0 spiro atoms. The number of nitrogens with one attached hydrogen (secondary N) is 2. The number of nitrogens with two attached hydrogens (primary N) is 2. The number of likely N-dealkylation sites (N-methyl/N-ethyl adjacent to an activating group) is 1. The topological polar surface area (TPSA) is 402 Å². The molecule has 0 aromatic carbocycles. The van der Waals surface area contributed by atoms with Gasteiger partial charge in [0.05, 0.1) is 25.1 Å². The zero-order valence-electron chi connectivity index (χ0n) is 27.2. The Morgan fingerprint density at radius 3 is 2.42 bits per heavy atom. The molecular formula is C23H36N9O18P3. The first-order valence-corrected chi connectivity index (χ1v) is 19.8. The number of phosphoric ester groups is 1. The quantitative estimate of drug-likeness (QED) is 0.0896. The highest BCUT2D eigenvalue weighted by molar-refractivity contribution is 7.68. The number of fused-ring (bicyclic) bond motifs is 1. The minimum atomic E-state index is -6.10. The van der Waals surface area contributed by atoms with E-state index in [1.54, 1.807) is 7.05 Å². The maximum absolute atomic E-state index is 13.1. The van der Waals surface area contributed by atoms with E-state index in [1.807, 2.05) is 0 Å². The van der Waals surface area contributed by atoms with Crippen LogP contribution in [0.1, 0.15) is 6.23 Å². The molecule has 0 bridgehead atoms. The molecule has 2 aromatic rings. The Bertz CT molecular complexity index is 2010. The summed E-state index contributed by atoms with van der Waals surface area (Å²) in [6.07, 6.45) is -13.6. The molecule has 27 nitrogen and oxygen atoms in total. The van der Waals surface area contributed by atoms with E-state index in [1.165, 1.54) is 15.9 Å². The van der Waals surface area contributed by atoms with Gasteiger partial charge in [-0.05, 0) is 0 Å². The van der Waals surface area contributed by atoms with Crippen LogP contribution in [0.5, 0.6) is 0 Å². The summed E-state index contributed by atoms with van der Waals surface area (Å²) in [5, 5.41) is 56.0. The monoisotopic (exact) mass is 819 g/mol. The number of ether oxygens (including phenoxy) is 3. The van der Waals surface area contributed by atoms with E-state index in [2.05, 4.69) is 33.4 Å². The van der Waals surface area contributed by atoms with Crippen molar-refractivity contribution in [1.82, 2.24) is 29.7 Å². The molecule has 2 fully saturated rings. The number of nitrogens with zero attached hydrogens (tertiary/aromatic N) is 5. The van der Waals surface area contributed by atoms with Crippen molar-refractivity contribution in [3.8, 4) is 0 Å². The fourth-order valence-electron chi connectivity index (χ4n) is 6.24. The number of anilines is 1. The molecular weight excluding hydrogens is 783 g/mol. The van der Waals surface area contributed by atoms with Crippen LogP contribution in [-0.4, -0.2) is 153 Å². The Morgan fingerprint density at radius 1 is 1.04 bits per heavy atom. The van der Waals surface area contributed by atoms with Crippen LogP contribution in [0.3, 0.4) is 0 Å². The lowest BCUT2D eigenvalue weighted by molar-refractivity contribution is -0.0977. The maximum Gasteiger partial charge on any atom is 0.488 e. The van der Waals surface area contributed by atoms with E-state index in [0.717, 1.165) is 18.0 Å². The Morgan fingerprint density at radius 2 is 1.74 bits per heavy atom. The fraction of sp³-hybridized carbons (Fsp3) is 0.609. The van der Waals surface area contributed by atoms with Crippen LogP contribution in [0.2, 0.25) is 0 Å². The molecule has 0 saturated carbocycles. The minimum absolute atomic E-state index is 0.0590. The summed E-state index contributed by atoms with van der Waals surface area (Å²) >= 11 is 0. The molecule has 2 aromatic heterocycles. The van der Waals surface area contributed by atoms with Crippen LogP contribution in [0.15, 0.2) is 33.7 Å². The third-order valence-corrected chi connectivity index (χ3v) is 13.4. The zero-order chi connectivity index (χ0) is 38.9. The number of aliphatic hydroxyl groups excluding tert-OH is 5. The average Bonchev–Trinajstić information content (AvgIpc) is 3.77. The highest BCUT2D eigenvalue weighted by Gasteiger charge is 2.58. The largest absolute Gasteiger partial charge is 0.488 e. The Balaban J connectivity index is 1.09. The maximum atomic E-state index is 13.1. The van der Waals surface area contributed by atoms with Crippen molar-refractivity contribution < 1.29 is 81.3 Å². The number of aliphatic imine (C=N–C) groups is 1. The van der Waals surface area contributed by atoms with Gasteiger partial charge in [0, 0.05) is 20.2 Å². The molecule has 14 N–H and O–H groups in total. The number of aromatic nitrogens is 3. The van der Waals surface area contributed by atoms with Gasteiger partial charge in [0.25, 0.3) is 5.56 Å². The molecule has 0 radical (unpaired) electrons. The predicted octanol–water partition coefficient (Wildman–Crippen LogP) is -4.61. The lowest BCUT2D eigenvalue weighted by Gasteiger charge is -2.31. The smallest absolute Gasteiger partial charge is 0.387 e. The van der Waals surface area contributed by atoms with E-state index in [4.69, 9.17) is 25.7 Å². The number of nitrogen functional groups attached to an aromatic ring is 1. The highest BCUT2D eigenvalue weighted by Crippen LogP contribution is 2.69. The first kappa shape index (κ1) is 39.6. The second-order valence-electron chi connectivity index (χ2n) is 12.1. The van der Waals surface area contributed by atoms with Crippen molar-refractivity contribution in [2.75, 3.05) is 33.2 Å². The lowest BCUT2D eigenvalue weighted by Crippen LogP contribution is -2.49. The second-order valence-corrected chi connectivity index (χ2v) is 17.2. The summed E-state index contributed by atoms with van der Waals surface area (Å²) in [7, 11) is -15.0. The molecule has 6 heterocycles. The van der Waals surface area contributed by atoms with Crippen molar-refractivity contribution >= 4 is 46.1 Å². The molecule has 4 aliphatic rings. The van der Waals surface area contributed by atoms with Gasteiger partial charge < -0.3 is 90.6 Å². The van der Waals surface area contributed by atoms with Gasteiger partial charge >= 0.3 is 23.2 Å². The molecule has 2 saturated heterocycles.